The van der Waals surface area contributed by atoms with Crippen LogP contribution in [0.15, 0.2) is 35.2 Å². The second-order valence-corrected chi connectivity index (χ2v) is 7.78. The number of aliphatic hydroxyl groups is 1. The Kier molecular flexibility index (Phi) is 2.58. The molecule has 2 aliphatic carbocycles. The van der Waals surface area contributed by atoms with Crippen molar-refractivity contribution in [2.45, 2.75) is 41.9 Å². The molecule has 0 saturated heterocycles. The summed E-state index contributed by atoms with van der Waals surface area (Å²) < 4.78 is 25.1. The topological polar surface area (TPSA) is 54.4 Å². The number of hydrogen-bond acceptors (Lipinski definition) is 3. The molecule has 0 unspecified atom stereocenters. The van der Waals surface area contributed by atoms with Gasteiger partial charge in [-0.25, -0.2) is 8.42 Å². The predicted octanol–water partition coefficient (Wildman–Crippen LogP) is 2.01. The van der Waals surface area contributed by atoms with Crippen molar-refractivity contribution in [1.82, 2.24) is 0 Å². The number of benzene rings is 1. The van der Waals surface area contributed by atoms with Gasteiger partial charge in [0.05, 0.1) is 15.7 Å². The maximum Gasteiger partial charge on any atom is 0.184 e. The molecule has 1 N–H and O–H groups in total. The lowest BCUT2D eigenvalue weighted by molar-refractivity contribution is -0.0941. The first-order chi connectivity index (χ1) is 8.47. The van der Waals surface area contributed by atoms with Crippen molar-refractivity contribution in [3.05, 3.63) is 30.3 Å². The van der Waals surface area contributed by atoms with Crippen molar-refractivity contribution in [3.63, 3.8) is 0 Å². The molecule has 0 aliphatic heterocycles. The van der Waals surface area contributed by atoms with Gasteiger partial charge in [0.1, 0.15) is 0 Å². The van der Waals surface area contributed by atoms with E-state index in [0.29, 0.717) is 11.3 Å². The molecule has 0 aromatic heterocycles. The highest BCUT2D eigenvalue weighted by Crippen LogP contribution is 2.57. The van der Waals surface area contributed by atoms with Crippen molar-refractivity contribution in [1.29, 1.82) is 0 Å². The molecule has 4 heteroatoms. The van der Waals surface area contributed by atoms with Gasteiger partial charge in [0.25, 0.3) is 0 Å². The third kappa shape index (κ3) is 1.42. The highest BCUT2D eigenvalue weighted by Gasteiger charge is 2.64. The molecule has 3 nitrogen and oxygen atoms in total. The minimum Gasteiger partial charge on any atom is -0.388 e. The zero-order chi connectivity index (χ0) is 13.0. The van der Waals surface area contributed by atoms with Gasteiger partial charge < -0.3 is 5.11 Å². The van der Waals surface area contributed by atoms with E-state index < -0.39 is 20.7 Å². The third-order valence-corrected chi connectivity index (χ3v) is 7.10. The fraction of sp³-hybridized carbons (Fsp3) is 0.571. The lowest BCUT2D eigenvalue weighted by Crippen LogP contribution is -2.62. The summed E-state index contributed by atoms with van der Waals surface area (Å²) in [5.74, 6) is 0.260. The van der Waals surface area contributed by atoms with E-state index in [4.69, 9.17) is 0 Å². The van der Waals surface area contributed by atoms with Crippen molar-refractivity contribution >= 4 is 9.84 Å². The fourth-order valence-corrected chi connectivity index (χ4v) is 5.91. The summed E-state index contributed by atoms with van der Waals surface area (Å²) in [6, 6.07) is 8.49. The number of fused-ring (bicyclic) bond motifs is 1. The van der Waals surface area contributed by atoms with Gasteiger partial charge in [-0.05, 0) is 43.2 Å². The van der Waals surface area contributed by atoms with Crippen LogP contribution < -0.4 is 0 Å². The normalized spacial score (nSPS) is 39.1. The SMILES string of the molecule is C[C@@H]1CC[C@H]2C[C@H](S(=O)(=O)c3ccccc3)[C@]21O. The molecule has 98 valence electrons. The minimum absolute atomic E-state index is 0.0831. The van der Waals surface area contributed by atoms with Gasteiger partial charge in [-0.2, -0.15) is 0 Å². The van der Waals surface area contributed by atoms with Crippen LogP contribution in [0.3, 0.4) is 0 Å². The molecule has 18 heavy (non-hydrogen) atoms. The predicted molar refractivity (Wildman–Crippen MR) is 68.9 cm³/mol. The maximum absolute atomic E-state index is 12.5. The van der Waals surface area contributed by atoms with Crippen LogP contribution in [0.25, 0.3) is 0 Å². The zero-order valence-corrected chi connectivity index (χ0v) is 11.2. The van der Waals surface area contributed by atoms with Crippen molar-refractivity contribution in [3.8, 4) is 0 Å². The first kappa shape index (κ1) is 12.2. The second-order valence-electron chi connectivity index (χ2n) is 5.65. The Bertz CT molecular complexity index is 544. The molecule has 0 heterocycles. The van der Waals surface area contributed by atoms with E-state index in [9.17, 15) is 13.5 Å². The number of sulfone groups is 1. The zero-order valence-electron chi connectivity index (χ0n) is 10.4. The van der Waals surface area contributed by atoms with Gasteiger partial charge in [-0.3, -0.25) is 0 Å². The van der Waals surface area contributed by atoms with E-state index in [1.165, 1.54) is 0 Å². The molecule has 1 aromatic carbocycles. The lowest BCUT2D eigenvalue weighted by atomic mass is 9.68. The van der Waals surface area contributed by atoms with E-state index in [2.05, 4.69) is 0 Å². The smallest absolute Gasteiger partial charge is 0.184 e. The molecular weight excluding hydrogens is 248 g/mol. The monoisotopic (exact) mass is 266 g/mol. The Labute approximate surface area is 108 Å². The Morgan fingerprint density at radius 3 is 2.50 bits per heavy atom. The molecule has 2 saturated carbocycles. The van der Waals surface area contributed by atoms with Gasteiger partial charge in [0.2, 0.25) is 0 Å². The van der Waals surface area contributed by atoms with Crippen LogP contribution in [0, 0.1) is 11.8 Å². The number of hydrogen-bond donors (Lipinski definition) is 1. The van der Waals surface area contributed by atoms with Crippen LogP contribution >= 0.6 is 0 Å². The molecule has 0 spiro atoms. The standard InChI is InChI=1S/C14H18O3S/c1-10-7-8-11-9-13(14(10,11)15)18(16,17)12-5-3-2-4-6-12/h2-6,10-11,13,15H,7-9H2,1H3/t10-,11+,13+,14-/m1/s1. The summed E-state index contributed by atoms with van der Waals surface area (Å²) >= 11 is 0. The first-order valence-electron chi connectivity index (χ1n) is 6.48. The van der Waals surface area contributed by atoms with Crippen LogP contribution in [0.2, 0.25) is 0 Å². The number of rotatable bonds is 2. The fourth-order valence-electron chi connectivity index (χ4n) is 3.64. The second kappa shape index (κ2) is 3.81. The van der Waals surface area contributed by atoms with Crippen LogP contribution in [-0.2, 0) is 9.84 Å². The minimum atomic E-state index is -3.40. The average Bonchev–Trinajstić information content (AvgIpc) is 2.55. The maximum atomic E-state index is 12.5. The molecule has 2 fully saturated rings. The summed E-state index contributed by atoms with van der Waals surface area (Å²) in [6.45, 7) is 1.96. The molecular formula is C14H18O3S. The Morgan fingerprint density at radius 2 is 1.89 bits per heavy atom. The van der Waals surface area contributed by atoms with Gasteiger partial charge in [0, 0.05) is 0 Å². The van der Waals surface area contributed by atoms with Crippen LogP contribution in [-0.4, -0.2) is 24.4 Å². The van der Waals surface area contributed by atoms with Gasteiger partial charge in [-0.15, -0.1) is 0 Å². The van der Waals surface area contributed by atoms with Crippen molar-refractivity contribution < 1.29 is 13.5 Å². The lowest BCUT2D eigenvalue weighted by Gasteiger charge is -2.50. The van der Waals surface area contributed by atoms with E-state index in [1.807, 2.05) is 6.92 Å². The van der Waals surface area contributed by atoms with E-state index in [0.717, 1.165) is 12.8 Å². The molecule has 0 radical (unpaired) electrons. The Morgan fingerprint density at radius 1 is 1.22 bits per heavy atom. The summed E-state index contributed by atoms with van der Waals surface area (Å²) in [5, 5.41) is 10.1. The van der Waals surface area contributed by atoms with Gasteiger partial charge in [-0.1, -0.05) is 25.1 Å². The quantitative estimate of drug-likeness (QED) is 0.891. The Balaban J connectivity index is 1.98. The molecule has 4 atom stereocenters. The molecule has 0 amide bonds. The van der Waals surface area contributed by atoms with Gasteiger partial charge in [0.15, 0.2) is 9.84 Å². The molecule has 1 aromatic rings. The average molecular weight is 266 g/mol. The third-order valence-electron chi connectivity index (χ3n) is 4.85. The summed E-state index contributed by atoms with van der Waals surface area (Å²) in [5.41, 5.74) is -0.991. The van der Waals surface area contributed by atoms with Crippen LogP contribution in [0.4, 0.5) is 0 Å². The van der Waals surface area contributed by atoms with Crippen molar-refractivity contribution in [2.24, 2.45) is 11.8 Å². The van der Waals surface area contributed by atoms with Crippen LogP contribution in [0.1, 0.15) is 26.2 Å². The van der Waals surface area contributed by atoms with E-state index in [-0.39, 0.29) is 11.8 Å². The first-order valence-corrected chi connectivity index (χ1v) is 8.03. The molecule has 3 rings (SSSR count). The summed E-state index contributed by atoms with van der Waals surface area (Å²) in [4.78, 5) is 0.334. The largest absolute Gasteiger partial charge is 0.388 e. The van der Waals surface area contributed by atoms with E-state index >= 15 is 0 Å². The van der Waals surface area contributed by atoms with E-state index in [1.54, 1.807) is 30.3 Å². The molecule has 2 aliphatic rings. The van der Waals surface area contributed by atoms with Crippen molar-refractivity contribution in [2.75, 3.05) is 0 Å². The highest BCUT2D eigenvalue weighted by molar-refractivity contribution is 7.92. The van der Waals surface area contributed by atoms with Crippen LogP contribution in [0.5, 0.6) is 0 Å². The van der Waals surface area contributed by atoms with Gasteiger partial charge >= 0.3 is 0 Å². The Hall–Kier alpha value is -0.870. The molecule has 0 bridgehead atoms. The highest BCUT2D eigenvalue weighted by atomic mass is 32.2. The summed E-state index contributed by atoms with van der Waals surface area (Å²) in [6.07, 6.45) is 2.50. The summed E-state index contributed by atoms with van der Waals surface area (Å²) in [7, 11) is -3.40.